The molecule has 1 aliphatic heterocycles. The molecule has 2 N–H and O–H groups in total. The van der Waals surface area contributed by atoms with E-state index in [-0.39, 0.29) is 24.8 Å². The maximum Gasteiger partial charge on any atom is 0.334 e. The first-order chi connectivity index (χ1) is 13.6. The van der Waals surface area contributed by atoms with Crippen LogP contribution in [-0.2, 0) is 23.9 Å². The molecule has 0 bridgehead atoms. The molecule has 1 aliphatic rings. The zero-order valence-corrected chi connectivity index (χ0v) is 17.4. The van der Waals surface area contributed by atoms with E-state index in [0.717, 1.165) is 0 Å². The highest BCUT2D eigenvalue weighted by molar-refractivity contribution is 5.93. The molecular formula is C21H29N3O5. The van der Waals surface area contributed by atoms with Crippen molar-refractivity contribution in [2.45, 2.75) is 58.2 Å². The summed E-state index contributed by atoms with van der Waals surface area (Å²) in [6, 6.07) is 7.34. The van der Waals surface area contributed by atoms with Gasteiger partial charge in [-0.3, -0.25) is 14.4 Å². The smallest absolute Gasteiger partial charge is 0.334 e. The van der Waals surface area contributed by atoms with Gasteiger partial charge in [0.25, 0.3) is 0 Å². The highest BCUT2D eigenvalue weighted by Gasteiger charge is 2.41. The topological polar surface area (TPSA) is 105 Å². The van der Waals surface area contributed by atoms with E-state index in [9.17, 15) is 19.2 Å². The summed E-state index contributed by atoms with van der Waals surface area (Å²) in [5.74, 6) is -1.55. The number of hydrogen-bond acceptors (Lipinski definition) is 5. The number of esters is 1. The van der Waals surface area contributed by atoms with Crippen LogP contribution in [0.4, 0.5) is 0 Å². The zero-order chi connectivity index (χ0) is 21.6. The summed E-state index contributed by atoms with van der Waals surface area (Å²) >= 11 is 0. The van der Waals surface area contributed by atoms with Crippen molar-refractivity contribution >= 4 is 23.7 Å². The number of benzene rings is 1. The maximum atomic E-state index is 12.9. The van der Waals surface area contributed by atoms with Crippen molar-refractivity contribution in [1.82, 2.24) is 15.5 Å². The molecule has 1 aromatic rings. The van der Waals surface area contributed by atoms with Gasteiger partial charge in [0.2, 0.25) is 17.7 Å². The minimum absolute atomic E-state index is 0.190. The molecule has 3 amide bonds. The van der Waals surface area contributed by atoms with Crippen molar-refractivity contribution in [3.8, 4) is 0 Å². The molecule has 1 fully saturated rings. The lowest BCUT2D eigenvalue weighted by molar-refractivity contribution is -0.164. The third-order valence-electron chi connectivity index (χ3n) is 4.40. The van der Waals surface area contributed by atoms with E-state index in [4.69, 9.17) is 4.74 Å². The Labute approximate surface area is 171 Å². The number of carbonyl (C=O) groups is 4. The van der Waals surface area contributed by atoms with Crippen LogP contribution in [0.2, 0.25) is 0 Å². The summed E-state index contributed by atoms with van der Waals surface area (Å²) in [7, 11) is 0. The molecule has 158 valence electrons. The van der Waals surface area contributed by atoms with Gasteiger partial charge in [-0.15, -0.1) is 0 Å². The first kappa shape index (κ1) is 22.4. The molecule has 0 saturated carbocycles. The monoisotopic (exact) mass is 403 g/mol. The number of rotatable bonds is 7. The number of amides is 3. The molecule has 0 aliphatic carbocycles. The van der Waals surface area contributed by atoms with Gasteiger partial charge in [-0.05, 0) is 32.8 Å². The summed E-state index contributed by atoms with van der Waals surface area (Å²) in [5, 5.41) is 5.11. The Balaban J connectivity index is 2.12. The Morgan fingerprint density at radius 3 is 2.41 bits per heavy atom. The van der Waals surface area contributed by atoms with E-state index in [1.165, 1.54) is 4.90 Å². The summed E-state index contributed by atoms with van der Waals surface area (Å²) in [6.07, 6.45) is 0.649. The first-order valence-corrected chi connectivity index (χ1v) is 9.76. The van der Waals surface area contributed by atoms with Crippen LogP contribution in [0.25, 0.3) is 0 Å². The van der Waals surface area contributed by atoms with E-state index >= 15 is 0 Å². The fraction of sp³-hybridized carbons (Fsp3) is 0.524. The fourth-order valence-electron chi connectivity index (χ4n) is 3.08. The van der Waals surface area contributed by atoms with Gasteiger partial charge in [-0.1, -0.05) is 37.3 Å². The van der Waals surface area contributed by atoms with E-state index < -0.39 is 29.6 Å². The van der Waals surface area contributed by atoms with Crippen LogP contribution < -0.4 is 10.6 Å². The molecule has 2 atom stereocenters. The second-order valence-electron chi connectivity index (χ2n) is 7.92. The van der Waals surface area contributed by atoms with Crippen LogP contribution in [0, 0.1) is 0 Å². The van der Waals surface area contributed by atoms with Gasteiger partial charge in [0, 0.05) is 13.0 Å². The average molecular weight is 403 g/mol. The van der Waals surface area contributed by atoms with Gasteiger partial charge >= 0.3 is 5.97 Å². The van der Waals surface area contributed by atoms with Gasteiger partial charge in [0.1, 0.15) is 11.6 Å². The number of ether oxygens (including phenoxy) is 1. The average Bonchev–Trinajstić information content (AvgIpc) is 3.00. The Morgan fingerprint density at radius 1 is 1.17 bits per heavy atom. The van der Waals surface area contributed by atoms with Crippen molar-refractivity contribution in [2.75, 3.05) is 13.1 Å². The van der Waals surface area contributed by atoms with Gasteiger partial charge in [-0.25, -0.2) is 4.79 Å². The molecule has 2 rings (SSSR count). The van der Waals surface area contributed by atoms with Crippen molar-refractivity contribution in [3.05, 3.63) is 35.9 Å². The first-order valence-electron chi connectivity index (χ1n) is 9.76. The van der Waals surface area contributed by atoms with Crippen LogP contribution in [0.15, 0.2) is 30.3 Å². The summed E-state index contributed by atoms with van der Waals surface area (Å²) in [6.45, 7) is 7.12. The van der Waals surface area contributed by atoms with Crippen LogP contribution in [0.3, 0.4) is 0 Å². The molecule has 1 saturated heterocycles. The Hall–Kier alpha value is -2.90. The van der Waals surface area contributed by atoms with Gasteiger partial charge in [0.15, 0.2) is 6.04 Å². The highest BCUT2D eigenvalue weighted by Crippen LogP contribution is 2.29. The lowest BCUT2D eigenvalue weighted by Crippen LogP contribution is -2.47. The summed E-state index contributed by atoms with van der Waals surface area (Å²) in [5.41, 5.74) is -0.0462. The second kappa shape index (κ2) is 9.54. The largest absolute Gasteiger partial charge is 0.458 e. The van der Waals surface area contributed by atoms with Gasteiger partial charge < -0.3 is 20.3 Å². The van der Waals surface area contributed by atoms with Gasteiger partial charge in [-0.2, -0.15) is 0 Å². The zero-order valence-electron chi connectivity index (χ0n) is 17.4. The molecule has 0 aromatic heterocycles. The SMILES string of the molecule is CCC(=O)NCC(=O)N[C@@H]1CCN([C@@H](C(=O)OC(C)(C)C)c2ccccc2)C1=O. The van der Waals surface area contributed by atoms with Crippen molar-refractivity contribution in [3.63, 3.8) is 0 Å². The molecule has 8 heteroatoms. The number of carbonyl (C=O) groups excluding carboxylic acids is 4. The molecule has 0 spiro atoms. The van der Waals surface area contributed by atoms with Crippen LogP contribution in [0.1, 0.15) is 52.1 Å². The minimum atomic E-state index is -0.885. The van der Waals surface area contributed by atoms with Crippen molar-refractivity contribution in [1.29, 1.82) is 0 Å². The lowest BCUT2D eigenvalue weighted by Gasteiger charge is -2.30. The van der Waals surface area contributed by atoms with E-state index in [1.807, 2.05) is 6.07 Å². The second-order valence-corrected chi connectivity index (χ2v) is 7.92. The Kier molecular flexibility index (Phi) is 7.36. The molecular weight excluding hydrogens is 374 g/mol. The number of nitrogens with zero attached hydrogens (tertiary/aromatic N) is 1. The van der Waals surface area contributed by atoms with Gasteiger partial charge in [0.05, 0.1) is 6.54 Å². The minimum Gasteiger partial charge on any atom is -0.458 e. The Bertz CT molecular complexity index is 757. The quantitative estimate of drug-likeness (QED) is 0.668. The Morgan fingerprint density at radius 2 is 1.83 bits per heavy atom. The molecule has 8 nitrogen and oxygen atoms in total. The van der Waals surface area contributed by atoms with Crippen molar-refractivity contribution < 1.29 is 23.9 Å². The predicted octanol–water partition coefficient (Wildman–Crippen LogP) is 1.31. The third-order valence-corrected chi connectivity index (χ3v) is 4.40. The molecule has 1 aromatic carbocycles. The van der Waals surface area contributed by atoms with Crippen molar-refractivity contribution in [2.24, 2.45) is 0 Å². The van der Waals surface area contributed by atoms with E-state index in [0.29, 0.717) is 18.5 Å². The summed E-state index contributed by atoms with van der Waals surface area (Å²) in [4.78, 5) is 50.6. The molecule has 29 heavy (non-hydrogen) atoms. The maximum absolute atomic E-state index is 12.9. The third kappa shape index (κ3) is 6.30. The summed E-state index contributed by atoms with van der Waals surface area (Å²) < 4.78 is 5.54. The van der Waals surface area contributed by atoms with Crippen LogP contribution in [0.5, 0.6) is 0 Å². The van der Waals surface area contributed by atoms with E-state index in [1.54, 1.807) is 52.0 Å². The van der Waals surface area contributed by atoms with E-state index in [2.05, 4.69) is 10.6 Å². The molecule has 0 unspecified atom stereocenters. The molecule has 1 heterocycles. The standard InChI is InChI=1S/C21H29N3O5/c1-5-16(25)22-13-17(26)23-15-11-12-24(19(15)27)18(14-9-7-6-8-10-14)20(28)29-21(2,3)4/h6-10,15,18H,5,11-13H2,1-4H3,(H,22,25)(H,23,26)/t15-,18-/m1/s1. The number of nitrogens with one attached hydrogen (secondary N) is 2. The normalized spacial score (nSPS) is 17.6. The number of likely N-dealkylation sites (tertiary alicyclic amines) is 1. The number of hydrogen-bond donors (Lipinski definition) is 2. The molecule has 0 radical (unpaired) electrons. The van der Waals surface area contributed by atoms with Crippen LogP contribution >= 0.6 is 0 Å². The lowest BCUT2D eigenvalue weighted by atomic mass is 10.0. The highest BCUT2D eigenvalue weighted by atomic mass is 16.6. The predicted molar refractivity (Wildman–Crippen MR) is 107 cm³/mol. The van der Waals surface area contributed by atoms with Crippen LogP contribution in [-0.4, -0.2) is 53.3 Å². The fourth-order valence-corrected chi connectivity index (χ4v) is 3.08.